The summed E-state index contributed by atoms with van der Waals surface area (Å²) in [4.78, 5) is 0. The average molecular weight is 313 g/mol. The van der Waals surface area contributed by atoms with E-state index in [1.54, 1.807) is 0 Å². The van der Waals surface area contributed by atoms with Gasteiger partial charge in [0, 0.05) is 20.8 Å². The monoisotopic (exact) mass is 312 g/mol. The van der Waals surface area contributed by atoms with Gasteiger partial charge in [0.05, 0.1) is 0 Å². The molecular weight excluding hydrogens is 313 g/mol. The van der Waals surface area contributed by atoms with Crippen molar-refractivity contribution in [3.63, 3.8) is 0 Å². The van der Waals surface area contributed by atoms with Crippen LogP contribution in [0.25, 0.3) is 0 Å². The van der Waals surface area contributed by atoms with E-state index < -0.39 is 20.8 Å². The zero-order chi connectivity index (χ0) is 9.00. The van der Waals surface area contributed by atoms with Crippen LogP contribution in [0.5, 0.6) is 0 Å². The number of rotatable bonds is 0. The molecule has 0 aliphatic rings. The van der Waals surface area contributed by atoms with Gasteiger partial charge in [-0.05, 0) is 0 Å². The molecule has 0 aromatic carbocycles. The number of hydrogen-bond donors (Lipinski definition) is 0. The molecule has 8 nitrogen and oxygen atoms in total. The van der Waals surface area contributed by atoms with Gasteiger partial charge in [0.1, 0.15) is 0 Å². The third-order valence-corrected chi connectivity index (χ3v) is 0. The van der Waals surface area contributed by atoms with Gasteiger partial charge < -0.3 is 18.2 Å². The molecule has 0 fully saturated rings. The molecule has 0 saturated carbocycles. The van der Waals surface area contributed by atoms with E-state index in [1.165, 1.54) is 0 Å². The fraction of sp³-hybridized carbons (Fsp3) is 0. The second-order valence-electron chi connectivity index (χ2n) is 0.816. The van der Waals surface area contributed by atoms with Crippen LogP contribution >= 0.6 is 0 Å². The molecule has 12 heteroatoms. The average Bonchev–Trinajstić information content (AvgIpc) is 1.12. The zero-order valence-electron chi connectivity index (χ0n) is 5.14. The number of hydrogen-bond acceptors (Lipinski definition) is 8. The maximum Gasteiger partial charge on any atom is 2.00 e. The van der Waals surface area contributed by atoms with Crippen LogP contribution in [0.4, 0.5) is 0 Å². The van der Waals surface area contributed by atoms with Gasteiger partial charge in [0.25, 0.3) is 0 Å². The molecule has 0 aliphatic carbocycles. The van der Waals surface area contributed by atoms with E-state index in [2.05, 4.69) is 0 Å². The van der Waals surface area contributed by atoms with Crippen molar-refractivity contribution in [3.8, 4) is 0 Å². The molecule has 0 bridgehead atoms. The van der Waals surface area contributed by atoms with Crippen molar-refractivity contribution in [3.05, 3.63) is 0 Å². The molecule has 0 radical (unpaired) electrons. The van der Waals surface area contributed by atoms with E-state index in [4.69, 9.17) is 35.0 Å². The maximum atomic E-state index is 8.52. The summed E-state index contributed by atoms with van der Waals surface area (Å²) in [5.41, 5.74) is 0. The third kappa shape index (κ3) is 1360. The molecule has 0 aliphatic heterocycles. The quantitative estimate of drug-likeness (QED) is 0.265. The normalized spacial score (nSPS) is 9.67. The van der Waals surface area contributed by atoms with Gasteiger partial charge in [0.15, 0.2) is 0 Å². The van der Waals surface area contributed by atoms with E-state index >= 15 is 0 Å². The van der Waals surface area contributed by atoms with Crippen LogP contribution in [0.2, 0.25) is 0 Å². The Kier molecular flexibility index (Phi) is 16.3. The minimum absolute atomic E-state index is 0. The van der Waals surface area contributed by atoms with Crippen LogP contribution in [0.1, 0.15) is 0 Å². The molecule has 0 spiro atoms. The van der Waals surface area contributed by atoms with Crippen LogP contribution in [0, 0.1) is 0 Å². The minimum atomic E-state index is -5.17. The fourth-order valence-electron chi connectivity index (χ4n) is 0. The first-order valence-corrected chi connectivity index (χ1v) is 4.00. The summed E-state index contributed by atoms with van der Waals surface area (Å²) in [5, 5.41) is 0. The molecule has 0 rings (SSSR count). The largest absolute Gasteiger partial charge is 2.00 e. The first kappa shape index (κ1) is 23.1. The third-order valence-electron chi connectivity index (χ3n) is 0. The molecule has 0 N–H and O–H groups in total. The molecule has 0 unspecified atom stereocenters. The smallest absolute Gasteiger partial charge is 0.759 e. The van der Waals surface area contributed by atoms with Crippen molar-refractivity contribution in [2.75, 3.05) is 0 Å². The van der Waals surface area contributed by atoms with E-state index in [0.29, 0.717) is 0 Å². The fourth-order valence-corrected chi connectivity index (χ4v) is 0. The molecule has 0 aromatic heterocycles. The van der Waals surface area contributed by atoms with Gasteiger partial charge in [-0.2, -0.15) is 0 Å². The van der Waals surface area contributed by atoms with Crippen molar-refractivity contribution < 1.29 is 71.6 Å². The van der Waals surface area contributed by atoms with Crippen LogP contribution in [0.3, 0.4) is 0 Å². The summed E-state index contributed by atoms with van der Waals surface area (Å²) < 4.78 is 68.2. The maximum absolute atomic E-state index is 8.52. The second-order valence-corrected chi connectivity index (χ2v) is 2.45. The Morgan fingerprint density at radius 2 is 0.667 bits per heavy atom. The standard InChI is InChI=1S/Fe.2H2O4S.Zn/c;2*1-5(2,3)4;/h;2*(H2,1,2,3,4);/q+2;;;+2/p-4. The molecule has 0 amide bonds. The molecule has 12 heavy (non-hydrogen) atoms. The van der Waals surface area contributed by atoms with Crippen LogP contribution in [-0.4, -0.2) is 35.0 Å². The molecule has 0 atom stereocenters. The Morgan fingerprint density at radius 1 is 0.667 bits per heavy atom. The van der Waals surface area contributed by atoms with Gasteiger partial charge in [-0.3, -0.25) is 16.8 Å². The van der Waals surface area contributed by atoms with Crippen molar-refractivity contribution in [2.45, 2.75) is 0 Å². The van der Waals surface area contributed by atoms with Crippen molar-refractivity contribution in [1.29, 1.82) is 0 Å². The Morgan fingerprint density at radius 3 is 0.667 bits per heavy atom. The summed E-state index contributed by atoms with van der Waals surface area (Å²) in [6, 6.07) is 0. The predicted molar refractivity (Wildman–Crippen MR) is 20.9 cm³/mol. The SMILES string of the molecule is O=S(=O)([O-])[O-].O=S(=O)([O-])[O-].[Fe+2].[Zn+2]. The van der Waals surface area contributed by atoms with Crippen LogP contribution < -0.4 is 0 Å². The topological polar surface area (TPSA) is 161 Å². The van der Waals surface area contributed by atoms with E-state index in [0.717, 1.165) is 0 Å². The van der Waals surface area contributed by atoms with Gasteiger partial charge in [-0.15, -0.1) is 0 Å². The summed E-state index contributed by atoms with van der Waals surface area (Å²) in [7, 11) is -10.3. The molecule has 70 valence electrons. The summed E-state index contributed by atoms with van der Waals surface area (Å²) in [6.45, 7) is 0. The van der Waals surface area contributed by atoms with E-state index in [-0.39, 0.29) is 36.5 Å². The summed E-state index contributed by atoms with van der Waals surface area (Å²) in [6.07, 6.45) is 0. The summed E-state index contributed by atoms with van der Waals surface area (Å²) in [5.74, 6) is 0. The van der Waals surface area contributed by atoms with Gasteiger partial charge in [-0.25, -0.2) is 0 Å². The Hall–Kier alpha value is 0.883. The van der Waals surface area contributed by atoms with Crippen molar-refractivity contribution >= 4 is 20.8 Å². The van der Waals surface area contributed by atoms with Gasteiger partial charge in [0.2, 0.25) is 0 Å². The Labute approximate surface area is 92.1 Å². The summed E-state index contributed by atoms with van der Waals surface area (Å²) >= 11 is 0. The van der Waals surface area contributed by atoms with Gasteiger partial charge in [-0.1, -0.05) is 0 Å². The first-order valence-electron chi connectivity index (χ1n) is 1.33. The zero-order valence-corrected chi connectivity index (χ0v) is 10.8. The first-order chi connectivity index (χ1) is 4.00. The Bertz CT molecular complexity index is 213. The van der Waals surface area contributed by atoms with Crippen LogP contribution in [0.15, 0.2) is 0 Å². The van der Waals surface area contributed by atoms with Crippen LogP contribution in [-0.2, 0) is 57.3 Å². The molecule has 0 heterocycles. The Balaban J connectivity index is -0.0000000457. The van der Waals surface area contributed by atoms with Gasteiger partial charge >= 0.3 is 36.5 Å². The van der Waals surface area contributed by atoms with E-state index in [9.17, 15) is 0 Å². The molecular formula is FeO8S2Zn. The van der Waals surface area contributed by atoms with Crippen molar-refractivity contribution in [1.82, 2.24) is 0 Å². The predicted octanol–water partition coefficient (Wildman–Crippen LogP) is -2.68. The minimum Gasteiger partial charge on any atom is -0.759 e. The van der Waals surface area contributed by atoms with E-state index in [1.807, 2.05) is 0 Å². The second kappa shape index (κ2) is 8.48. The van der Waals surface area contributed by atoms with Crippen molar-refractivity contribution in [2.24, 2.45) is 0 Å². The molecule has 0 aromatic rings. The molecule has 0 saturated heterocycles.